The lowest BCUT2D eigenvalue weighted by molar-refractivity contribution is -0.115. The van der Waals surface area contributed by atoms with Crippen LogP contribution in [0.4, 0.5) is 10.6 Å². The first-order valence-corrected chi connectivity index (χ1v) is 7.74. The van der Waals surface area contributed by atoms with Gasteiger partial charge in [0.25, 0.3) is 0 Å². The Morgan fingerprint density at radius 3 is 2.52 bits per heavy atom. The fourth-order valence-corrected chi connectivity index (χ4v) is 1.96. The topological polar surface area (TPSA) is 106 Å². The van der Waals surface area contributed by atoms with Crippen molar-refractivity contribution in [3.05, 3.63) is 36.4 Å². The van der Waals surface area contributed by atoms with Gasteiger partial charge in [0.1, 0.15) is 24.3 Å². The van der Waals surface area contributed by atoms with Gasteiger partial charge >= 0.3 is 6.09 Å². The van der Waals surface area contributed by atoms with E-state index in [1.807, 2.05) is 6.92 Å². The standard InChI is InChI=1S/C17H21N5O3/c1-11-7-18-10-21-15(11)12-5-6-13(19-8-12)22-14(23)9-20-16(24)25-17(2,3)4/h5-8,10H,9H2,1-4H3,(H,20,24)(H,19,22,23). The average Bonchev–Trinajstić information content (AvgIpc) is 2.53. The maximum Gasteiger partial charge on any atom is 0.408 e. The molecule has 8 nitrogen and oxygen atoms in total. The summed E-state index contributed by atoms with van der Waals surface area (Å²) in [6.45, 7) is 6.95. The molecule has 0 fully saturated rings. The lowest BCUT2D eigenvalue weighted by Gasteiger charge is -2.19. The summed E-state index contributed by atoms with van der Waals surface area (Å²) in [6.07, 6.45) is 4.16. The Bertz CT molecular complexity index is 754. The summed E-state index contributed by atoms with van der Waals surface area (Å²) in [6, 6.07) is 3.47. The van der Waals surface area contributed by atoms with Crippen molar-refractivity contribution < 1.29 is 14.3 Å². The molecule has 0 saturated carbocycles. The summed E-state index contributed by atoms with van der Waals surface area (Å²) in [7, 11) is 0. The summed E-state index contributed by atoms with van der Waals surface area (Å²) in [5.41, 5.74) is 1.93. The molecule has 0 unspecified atom stereocenters. The SMILES string of the molecule is Cc1cncnc1-c1ccc(NC(=O)CNC(=O)OC(C)(C)C)nc1. The highest BCUT2D eigenvalue weighted by Crippen LogP contribution is 2.19. The highest BCUT2D eigenvalue weighted by Gasteiger charge is 2.16. The number of nitrogens with one attached hydrogen (secondary N) is 2. The van der Waals surface area contributed by atoms with Gasteiger partial charge in [-0.3, -0.25) is 4.79 Å². The van der Waals surface area contributed by atoms with Gasteiger partial charge in [-0.2, -0.15) is 0 Å². The van der Waals surface area contributed by atoms with E-state index in [0.29, 0.717) is 5.82 Å². The van der Waals surface area contributed by atoms with Crippen LogP contribution in [-0.4, -0.2) is 39.1 Å². The van der Waals surface area contributed by atoms with Crippen molar-refractivity contribution in [3.8, 4) is 11.3 Å². The van der Waals surface area contributed by atoms with Crippen molar-refractivity contribution in [1.82, 2.24) is 20.3 Å². The fourth-order valence-electron chi connectivity index (χ4n) is 1.96. The highest BCUT2D eigenvalue weighted by atomic mass is 16.6. The number of ether oxygens (including phenoxy) is 1. The van der Waals surface area contributed by atoms with Gasteiger partial charge in [-0.05, 0) is 45.4 Å². The highest BCUT2D eigenvalue weighted by molar-refractivity contribution is 5.93. The largest absolute Gasteiger partial charge is 0.444 e. The number of amides is 2. The zero-order valence-corrected chi connectivity index (χ0v) is 14.7. The maximum absolute atomic E-state index is 11.8. The number of aryl methyl sites for hydroxylation is 1. The summed E-state index contributed by atoms with van der Waals surface area (Å²) in [5, 5.41) is 4.99. The minimum absolute atomic E-state index is 0.205. The second-order valence-electron chi connectivity index (χ2n) is 6.39. The van der Waals surface area contributed by atoms with Crippen LogP contribution in [0.1, 0.15) is 26.3 Å². The van der Waals surface area contributed by atoms with E-state index < -0.39 is 17.6 Å². The average molecular weight is 343 g/mol. The first-order chi connectivity index (χ1) is 11.7. The van der Waals surface area contributed by atoms with E-state index >= 15 is 0 Å². The molecule has 0 radical (unpaired) electrons. The molecule has 0 aliphatic heterocycles. The van der Waals surface area contributed by atoms with Crippen LogP contribution in [0.25, 0.3) is 11.3 Å². The molecule has 0 atom stereocenters. The monoisotopic (exact) mass is 343 g/mol. The summed E-state index contributed by atoms with van der Waals surface area (Å²) < 4.78 is 5.06. The van der Waals surface area contributed by atoms with E-state index in [-0.39, 0.29) is 6.54 Å². The van der Waals surface area contributed by atoms with Gasteiger partial charge < -0.3 is 15.4 Å². The Labute approximate surface area is 146 Å². The first kappa shape index (κ1) is 18.3. The van der Waals surface area contributed by atoms with Crippen LogP contribution < -0.4 is 10.6 Å². The minimum atomic E-state index is -0.648. The van der Waals surface area contributed by atoms with Crippen molar-refractivity contribution in [2.24, 2.45) is 0 Å². The van der Waals surface area contributed by atoms with E-state index in [2.05, 4.69) is 25.6 Å². The Morgan fingerprint density at radius 2 is 1.92 bits per heavy atom. The van der Waals surface area contributed by atoms with E-state index in [0.717, 1.165) is 16.8 Å². The molecule has 0 saturated heterocycles. The Balaban J connectivity index is 1.90. The Kier molecular flexibility index (Phi) is 5.63. The predicted molar refractivity (Wildman–Crippen MR) is 92.9 cm³/mol. The van der Waals surface area contributed by atoms with Gasteiger partial charge in [0.05, 0.1) is 5.69 Å². The molecule has 0 aliphatic carbocycles. The van der Waals surface area contributed by atoms with Crippen LogP contribution in [0.15, 0.2) is 30.9 Å². The second kappa shape index (κ2) is 7.69. The number of nitrogens with zero attached hydrogens (tertiary/aromatic N) is 3. The zero-order valence-electron chi connectivity index (χ0n) is 14.7. The number of alkyl carbamates (subject to hydrolysis) is 1. The van der Waals surface area contributed by atoms with Crippen LogP contribution >= 0.6 is 0 Å². The number of hydrogen-bond donors (Lipinski definition) is 2. The molecule has 2 heterocycles. The quantitative estimate of drug-likeness (QED) is 0.882. The third kappa shape index (κ3) is 5.83. The molecule has 8 heteroatoms. The smallest absolute Gasteiger partial charge is 0.408 e. The molecule has 25 heavy (non-hydrogen) atoms. The van der Waals surface area contributed by atoms with Crippen molar-refractivity contribution in [1.29, 1.82) is 0 Å². The van der Waals surface area contributed by atoms with E-state index in [4.69, 9.17) is 4.74 Å². The van der Waals surface area contributed by atoms with Crippen molar-refractivity contribution in [3.63, 3.8) is 0 Å². The van der Waals surface area contributed by atoms with Crippen molar-refractivity contribution in [2.75, 3.05) is 11.9 Å². The van der Waals surface area contributed by atoms with Crippen LogP contribution in [0, 0.1) is 6.92 Å². The van der Waals surface area contributed by atoms with Crippen LogP contribution in [0.3, 0.4) is 0 Å². The van der Waals surface area contributed by atoms with Crippen LogP contribution in [0.5, 0.6) is 0 Å². The first-order valence-electron chi connectivity index (χ1n) is 7.74. The lowest BCUT2D eigenvalue weighted by Crippen LogP contribution is -2.37. The molecule has 0 spiro atoms. The lowest BCUT2D eigenvalue weighted by atomic mass is 10.1. The normalized spacial score (nSPS) is 10.9. The minimum Gasteiger partial charge on any atom is -0.444 e. The number of pyridine rings is 1. The van der Waals surface area contributed by atoms with Gasteiger partial charge in [0, 0.05) is 18.0 Å². The molecule has 0 aromatic carbocycles. The van der Waals surface area contributed by atoms with E-state index in [9.17, 15) is 9.59 Å². The zero-order chi connectivity index (χ0) is 18.4. The molecular formula is C17H21N5O3. The van der Waals surface area contributed by atoms with Gasteiger partial charge in [-0.1, -0.05) is 0 Å². The number of carbonyl (C=O) groups excluding carboxylic acids is 2. The number of rotatable bonds is 4. The van der Waals surface area contributed by atoms with E-state index in [1.54, 1.807) is 45.3 Å². The third-order valence-corrected chi connectivity index (χ3v) is 2.99. The van der Waals surface area contributed by atoms with Crippen molar-refractivity contribution in [2.45, 2.75) is 33.3 Å². The molecule has 132 valence electrons. The Hall–Kier alpha value is -3.03. The molecule has 2 amide bonds. The molecule has 2 N–H and O–H groups in total. The molecule has 0 aliphatic rings. The summed E-state index contributed by atoms with van der Waals surface area (Å²) in [5.74, 6) is -0.0178. The number of anilines is 1. The molecule has 2 rings (SSSR count). The molecule has 2 aromatic rings. The number of carbonyl (C=O) groups is 2. The maximum atomic E-state index is 11.8. The van der Waals surface area contributed by atoms with Gasteiger partial charge in [0.2, 0.25) is 5.91 Å². The molecular weight excluding hydrogens is 322 g/mol. The summed E-state index contributed by atoms with van der Waals surface area (Å²) in [4.78, 5) is 35.7. The van der Waals surface area contributed by atoms with Gasteiger partial charge in [-0.15, -0.1) is 0 Å². The Morgan fingerprint density at radius 1 is 1.16 bits per heavy atom. The van der Waals surface area contributed by atoms with Gasteiger partial charge in [-0.25, -0.2) is 19.7 Å². The fraction of sp³-hybridized carbons (Fsp3) is 0.353. The van der Waals surface area contributed by atoms with Gasteiger partial charge in [0.15, 0.2) is 0 Å². The number of aromatic nitrogens is 3. The predicted octanol–water partition coefficient (Wildman–Crippen LogP) is 2.31. The molecule has 2 aromatic heterocycles. The third-order valence-electron chi connectivity index (χ3n) is 2.99. The van der Waals surface area contributed by atoms with Crippen molar-refractivity contribution >= 4 is 17.8 Å². The summed E-state index contributed by atoms with van der Waals surface area (Å²) >= 11 is 0. The number of hydrogen-bond acceptors (Lipinski definition) is 6. The van der Waals surface area contributed by atoms with E-state index in [1.165, 1.54) is 6.33 Å². The van der Waals surface area contributed by atoms with Crippen LogP contribution in [0.2, 0.25) is 0 Å². The van der Waals surface area contributed by atoms with Crippen LogP contribution in [-0.2, 0) is 9.53 Å². The molecule has 0 bridgehead atoms. The second-order valence-corrected chi connectivity index (χ2v) is 6.39.